The van der Waals surface area contributed by atoms with Gasteiger partial charge in [0, 0.05) is 12.0 Å². The van der Waals surface area contributed by atoms with Crippen LogP contribution < -0.4 is 11.1 Å². The van der Waals surface area contributed by atoms with Gasteiger partial charge in [0.25, 0.3) is 11.1 Å². The quantitative estimate of drug-likeness (QED) is 0.349. The number of thioether (sulfide) groups is 1. The van der Waals surface area contributed by atoms with Gasteiger partial charge in [0.2, 0.25) is 0 Å². The molecule has 0 saturated carbocycles. The second kappa shape index (κ2) is 8.26. The first-order valence-corrected chi connectivity index (χ1v) is 12.5. The SMILES string of the molecule is COCCn1c(SCc2nc3ccsc3c(=O)[nH]2)nc2sc3c(c2c1=O)CCCC3. The minimum atomic E-state index is -0.128. The molecule has 0 saturated heterocycles. The zero-order valence-electron chi connectivity index (χ0n) is 16.4. The number of thiophene rings is 2. The fourth-order valence-corrected chi connectivity index (χ4v) is 6.76. The molecule has 5 rings (SSSR count). The van der Waals surface area contributed by atoms with Crippen molar-refractivity contribution in [2.45, 2.75) is 43.1 Å². The Hall–Kier alpha value is -2.01. The minimum absolute atomic E-state index is 0.00805. The molecule has 0 aliphatic heterocycles. The minimum Gasteiger partial charge on any atom is -0.383 e. The zero-order valence-corrected chi connectivity index (χ0v) is 18.8. The van der Waals surface area contributed by atoms with Gasteiger partial charge < -0.3 is 9.72 Å². The normalized spacial score (nSPS) is 13.9. The highest BCUT2D eigenvalue weighted by Crippen LogP contribution is 2.35. The van der Waals surface area contributed by atoms with E-state index in [-0.39, 0.29) is 11.1 Å². The molecular weight excluding hydrogens is 440 g/mol. The van der Waals surface area contributed by atoms with Crippen molar-refractivity contribution >= 4 is 54.9 Å². The summed E-state index contributed by atoms with van der Waals surface area (Å²) < 4.78 is 7.56. The summed E-state index contributed by atoms with van der Waals surface area (Å²) in [4.78, 5) is 40.0. The highest BCUT2D eigenvalue weighted by atomic mass is 32.2. The number of rotatable bonds is 6. The summed E-state index contributed by atoms with van der Waals surface area (Å²) >= 11 is 4.45. The van der Waals surface area contributed by atoms with E-state index in [1.807, 2.05) is 11.4 Å². The van der Waals surface area contributed by atoms with Crippen molar-refractivity contribution in [3.63, 3.8) is 0 Å². The van der Waals surface area contributed by atoms with Crippen LogP contribution in [-0.4, -0.2) is 33.2 Å². The Bertz CT molecular complexity index is 1350. The Kier molecular flexibility index (Phi) is 5.48. The summed E-state index contributed by atoms with van der Waals surface area (Å²) in [6, 6.07) is 1.85. The molecule has 1 N–H and O–H groups in total. The van der Waals surface area contributed by atoms with E-state index >= 15 is 0 Å². The van der Waals surface area contributed by atoms with Gasteiger partial charge in [-0.05, 0) is 42.7 Å². The van der Waals surface area contributed by atoms with Crippen LogP contribution >= 0.6 is 34.4 Å². The predicted molar refractivity (Wildman–Crippen MR) is 122 cm³/mol. The van der Waals surface area contributed by atoms with Crippen LogP contribution in [-0.2, 0) is 29.9 Å². The van der Waals surface area contributed by atoms with Crippen molar-refractivity contribution in [3.05, 3.63) is 48.4 Å². The molecular formula is C20H20N4O3S3. The van der Waals surface area contributed by atoms with Crippen LogP contribution in [0, 0.1) is 0 Å². The number of aromatic nitrogens is 4. The van der Waals surface area contributed by atoms with E-state index in [1.165, 1.54) is 40.0 Å². The molecule has 0 radical (unpaired) electrons. The van der Waals surface area contributed by atoms with Gasteiger partial charge >= 0.3 is 0 Å². The van der Waals surface area contributed by atoms with Crippen LogP contribution in [0.1, 0.15) is 29.1 Å². The van der Waals surface area contributed by atoms with Gasteiger partial charge in [-0.3, -0.25) is 14.2 Å². The number of hydrogen-bond acceptors (Lipinski definition) is 8. The first-order valence-electron chi connectivity index (χ1n) is 9.79. The van der Waals surface area contributed by atoms with Gasteiger partial charge in [0.15, 0.2) is 5.16 Å². The molecule has 156 valence electrons. The molecule has 0 atom stereocenters. The molecule has 4 aromatic rings. The van der Waals surface area contributed by atoms with Crippen LogP contribution in [0.25, 0.3) is 20.4 Å². The topological polar surface area (TPSA) is 89.9 Å². The highest BCUT2D eigenvalue weighted by molar-refractivity contribution is 7.98. The summed E-state index contributed by atoms with van der Waals surface area (Å²) in [5.74, 6) is 1.01. The number of nitrogens with one attached hydrogen (secondary N) is 1. The Balaban J connectivity index is 1.54. The number of aryl methyl sites for hydroxylation is 2. The lowest BCUT2D eigenvalue weighted by Gasteiger charge is -2.13. The number of hydrogen-bond donors (Lipinski definition) is 1. The Labute approximate surface area is 184 Å². The molecule has 0 unspecified atom stereocenters. The molecule has 30 heavy (non-hydrogen) atoms. The predicted octanol–water partition coefficient (Wildman–Crippen LogP) is 3.57. The maximum absolute atomic E-state index is 13.4. The highest BCUT2D eigenvalue weighted by Gasteiger charge is 2.22. The van der Waals surface area contributed by atoms with E-state index in [9.17, 15) is 9.59 Å². The number of methoxy groups -OCH3 is 1. The standard InChI is InChI=1S/C20H20N4O3S3/c1-27-8-7-24-19(26)15-11-4-2-3-5-13(11)30-18(15)23-20(24)29-10-14-21-12-6-9-28-16(12)17(25)22-14/h6,9H,2-5,7-8,10H2,1H3,(H,21,22,25). The van der Waals surface area contributed by atoms with Crippen LogP contribution in [0.2, 0.25) is 0 Å². The number of nitrogens with zero attached hydrogens (tertiary/aromatic N) is 3. The maximum Gasteiger partial charge on any atom is 0.268 e. The van der Waals surface area contributed by atoms with Crippen LogP contribution in [0.4, 0.5) is 0 Å². The molecule has 0 aromatic carbocycles. The first-order chi connectivity index (χ1) is 14.7. The van der Waals surface area contributed by atoms with Crippen molar-refractivity contribution in [1.29, 1.82) is 0 Å². The fourth-order valence-electron chi connectivity index (χ4n) is 3.83. The van der Waals surface area contributed by atoms with Crippen LogP contribution in [0.15, 0.2) is 26.2 Å². The molecule has 0 amide bonds. The van der Waals surface area contributed by atoms with Gasteiger partial charge in [-0.1, -0.05) is 11.8 Å². The zero-order chi connectivity index (χ0) is 20.7. The molecule has 4 heterocycles. The Morgan fingerprint density at radius 2 is 2.13 bits per heavy atom. The van der Waals surface area contributed by atoms with E-state index in [4.69, 9.17) is 9.72 Å². The molecule has 0 spiro atoms. The second-order valence-electron chi connectivity index (χ2n) is 7.17. The maximum atomic E-state index is 13.4. The van der Waals surface area contributed by atoms with Crippen molar-refractivity contribution in [2.24, 2.45) is 0 Å². The summed E-state index contributed by atoms with van der Waals surface area (Å²) in [5.41, 5.74) is 1.77. The third kappa shape index (κ3) is 3.51. The Morgan fingerprint density at radius 1 is 1.27 bits per heavy atom. The van der Waals surface area contributed by atoms with E-state index in [2.05, 4.69) is 9.97 Å². The molecule has 0 fully saturated rings. The van der Waals surface area contributed by atoms with Crippen molar-refractivity contribution in [2.75, 3.05) is 13.7 Å². The summed E-state index contributed by atoms with van der Waals surface area (Å²) in [6.45, 7) is 0.877. The lowest BCUT2D eigenvalue weighted by Crippen LogP contribution is -2.25. The second-order valence-corrected chi connectivity index (χ2v) is 10.1. The number of H-pyrrole nitrogens is 1. The summed E-state index contributed by atoms with van der Waals surface area (Å²) in [7, 11) is 1.63. The average Bonchev–Trinajstić information content (AvgIpc) is 3.36. The van der Waals surface area contributed by atoms with Gasteiger partial charge in [-0.15, -0.1) is 22.7 Å². The van der Waals surface area contributed by atoms with Crippen molar-refractivity contribution in [3.8, 4) is 0 Å². The van der Waals surface area contributed by atoms with Gasteiger partial charge in [-0.2, -0.15) is 0 Å². The van der Waals surface area contributed by atoms with Crippen LogP contribution in [0.5, 0.6) is 0 Å². The fraction of sp³-hybridized carbons (Fsp3) is 0.400. The lowest BCUT2D eigenvalue weighted by molar-refractivity contribution is 0.183. The summed E-state index contributed by atoms with van der Waals surface area (Å²) in [5, 5.41) is 3.28. The van der Waals surface area contributed by atoms with Gasteiger partial charge in [-0.25, -0.2) is 9.97 Å². The molecule has 1 aliphatic rings. The molecule has 1 aliphatic carbocycles. The van der Waals surface area contributed by atoms with Crippen LogP contribution in [0.3, 0.4) is 0 Å². The van der Waals surface area contributed by atoms with E-state index in [0.29, 0.717) is 40.1 Å². The largest absolute Gasteiger partial charge is 0.383 e. The number of fused-ring (bicyclic) bond motifs is 4. The smallest absolute Gasteiger partial charge is 0.268 e. The third-order valence-corrected chi connectivity index (χ3v) is 8.34. The van der Waals surface area contributed by atoms with Crippen molar-refractivity contribution in [1.82, 2.24) is 19.5 Å². The van der Waals surface area contributed by atoms with Gasteiger partial charge in [0.1, 0.15) is 15.4 Å². The third-order valence-electron chi connectivity index (χ3n) is 5.26. The van der Waals surface area contributed by atoms with E-state index in [0.717, 1.165) is 29.5 Å². The number of ether oxygens (including phenoxy) is 1. The monoisotopic (exact) mass is 460 g/mol. The molecule has 0 bridgehead atoms. The molecule has 10 heteroatoms. The van der Waals surface area contributed by atoms with E-state index < -0.39 is 0 Å². The van der Waals surface area contributed by atoms with Crippen molar-refractivity contribution < 1.29 is 4.74 Å². The molecule has 4 aromatic heterocycles. The lowest BCUT2D eigenvalue weighted by atomic mass is 9.97. The number of aromatic amines is 1. The molecule has 7 nitrogen and oxygen atoms in total. The average molecular weight is 461 g/mol. The Morgan fingerprint density at radius 3 is 3.00 bits per heavy atom. The van der Waals surface area contributed by atoms with E-state index in [1.54, 1.807) is 23.0 Å². The summed E-state index contributed by atoms with van der Waals surface area (Å²) in [6.07, 6.45) is 4.28. The van der Waals surface area contributed by atoms with Gasteiger partial charge in [0.05, 0.1) is 29.8 Å². The first kappa shape index (κ1) is 19.9.